The molecule has 2 rings (SSSR count). The van der Waals surface area contributed by atoms with Crippen LogP contribution in [0.25, 0.3) is 0 Å². The van der Waals surface area contributed by atoms with Gasteiger partial charge in [-0.1, -0.05) is 26.7 Å². The number of nitrogens with one attached hydrogen (secondary N) is 2. The van der Waals surface area contributed by atoms with Crippen LogP contribution < -0.4 is 10.9 Å². The van der Waals surface area contributed by atoms with Gasteiger partial charge in [-0.2, -0.15) is 0 Å². The molecule has 2 N–H and O–H groups in total. The van der Waals surface area contributed by atoms with Crippen LogP contribution in [0.3, 0.4) is 0 Å². The Morgan fingerprint density at radius 3 is 2.70 bits per heavy atom. The van der Waals surface area contributed by atoms with Crippen LogP contribution in [0.2, 0.25) is 0 Å². The average molecular weight is 277 g/mol. The van der Waals surface area contributed by atoms with E-state index in [1.165, 1.54) is 25.7 Å². The van der Waals surface area contributed by atoms with E-state index in [1.54, 1.807) is 6.07 Å². The zero-order valence-electron chi connectivity index (χ0n) is 12.7. The molecule has 0 amide bonds. The van der Waals surface area contributed by atoms with E-state index in [0.717, 1.165) is 36.8 Å². The average Bonchev–Trinajstić information content (AvgIpc) is 2.46. The normalized spacial score (nSPS) is 22.9. The van der Waals surface area contributed by atoms with E-state index in [4.69, 9.17) is 0 Å². The molecule has 112 valence electrons. The summed E-state index contributed by atoms with van der Waals surface area (Å²) in [6.07, 6.45) is 7.51. The minimum atomic E-state index is -0.0152. The lowest BCUT2D eigenvalue weighted by molar-refractivity contribution is 0.301. The van der Waals surface area contributed by atoms with E-state index in [2.05, 4.69) is 29.1 Å². The number of hydrogen-bond acceptors (Lipinski definition) is 3. The fourth-order valence-electron chi connectivity index (χ4n) is 3.20. The number of rotatable bonds is 6. The van der Waals surface area contributed by atoms with Crippen molar-refractivity contribution in [3.8, 4) is 0 Å². The summed E-state index contributed by atoms with van der Waals surface area (Å²) in [6.45, 7) is 5.89. The molecule has 1 heterocycles. The fraction of sp³-hybridized carbons (Fsp3) is 0.750. The molecule has 0 saturated heterocycles. The van der Waals surface area contributed by atoms with Gasteiger partial charge >= 0.3 is 0 Å². The summed E-state index contributed by atoms with van der Waals surface area (Å²) < 4.78 is 0. The van der Waals surface area contributed by atoms with Crippen LogP contribution in [0, 0.1) is 5.92 Å². The van der Waals surface area contributed by atoms with E-state index in [1.807, 2.05) is 0 Å². The van der Waals surface area contributed by atoms with E-state index in [-0.39, 0.29) is 5.56 Å². The van der Waals surface area contributed by atoms with Gasteiger partial charge in [0, 0.05) is 18.5 Å². The molecule has 0 unspecified atom stereocenters. The van der Waals surface area contributed by atoms with Crippen molar-refractivity contribution in [3.05, 3.63) is 27.9 Å². The van der Waals surface area contributed by atoms with Gasteiger partial charge in [0.2, 0.25) is 0 Å². The molecule has 0 radical (unpaired) electrons. The van der Waals surface area contributed by atoms with Crippen LogP contribution in [-0.4, -0.2) is 16.5 Å². The van der Waals surface area contributed by atoms with Crippen LogP contribution in [0.5, 0.6) is 0 Å². The van der Waals surface area contributed by atoms with Gasteiger partial charge in [-0.05, 0) is 38.1 Å². The maximum atomic E-state index is 11.8. The van der Waals surface area contributed by atoms with Crippen molar-refractivity contribution in [1.29, 1.82) is 0 Å². The first-order valence-electron chi connectivity index (χ1n) is 8.03. The highest BCUT2D eigenvalue weighted by Gasteiger charge is 2.23. The lowest BCUT2D eigenvalue weighted by Crippen LogP contribution is -2.22. The van der Waals surface area contributed by atoms with Crippen molar-refractivity contribution >= 4 is 0 Å². The number of aromatic amines is 1. The van der Waals surface area contributed by atoms with Gasteiger partial charge < -0.3 is 10.3 Å². The summed E-state index contributed by atoms with van der Waals surface area (Å²) in [7, 11) is 0. The summed E-state index contributed by atoms with van der Waals surface area (Å²) in [4.78, 5) is 19.4. The lowest BCUT2D eigenvalue weighted by atomic mass is 9.80. The molecule has 4 nitrogen and oxygen atoms in total. The molecule has 0 aliphatic heterocycles. The van der Waals surface area contributed by atoms with Crippen LogP contribution in [-0.2, 0) is 6.54 Å². The standard InChI is InChI=1S/C16H27N3O/c1-3-5-12-6-8-13(9-7-12)16-18-14(11-17-4-2)10-15(20)19-16/h10,12-13,17H,3-9,11H2,1-2H3,(H,18,19,20). The SMILES string of the molecule is CCCC1CCC(c2nc(CNCC)cc(=O)[nH]2)CC1. The number of aromatic nitrogens is 2. The Balaban J connectivity index is 2.02. The Labute approximate surface area is 121 Å². The molecular weight excluding hydrogens is 250 g/mol. The Kier molecular flexibility index (Phi) is 5.77. The van der Waals surface area contributed by atoms with Crippen molar-refractivity contribution in [2.24, 2.45) is 5.92 Å². The van der Waals surface area contributed by atoms with Gasteiger partial charge in [-0.25, -0.2) is 4.98 Å². The quantitative estimate of drug-likeness (QED) is 0.840. The van der Waals surface area contributed by atoms with Gasteiger partial charge in [-0.3, -0.25) is 4.79 Å². The highest BCUT2D eigenvalue weighted by atomic mass is 16.1. The predicted molar refractivity (Wildman–Crippen MR) is 81.8 cm³/mol. The molecule has 0 bridgehead atoms. The molecule has 1 aromatic heterocycles. The largest absolute Gasteiger partial charge is 0.311 e. The Morgan fingerprint density at radius 2 is 2.05 bits per heavy atom. The highest BCUT2D eigenvalue weighted by Crippen LogP contribution is 2.35. The van der Waals surface area contributed by atoms with E-state index in [0.29, 0.717) is 12.5 Å². The first-order chi connectivity index (χ1) is 9.72. The Hall–Kier alpha value is -1.16. The monoisotopic (exact) mass is 277 g/mol. The zero-order chi connectivity index (χ0) is 14.4. The lowest BCUT2D eigenvalue weighted by Gasteiger charge is -2.27. The molecule has 1 aliphatic rings. The molecule has 20 heavy (non-hydrogen) atoms. The summed E-state index contributed by atoms with van der Waals surface area (Å²) in [6, 6.07) is 1.61. The Bertz CT molecular complexity index is 461. The summed E-state index contributed by atoms with van der Waals surface area (Å²) in [5, 5.41) is 3.23. The van der Waals surface area contributed by atoms with E-state index in [9.17, 15) is 4.79 Å². The first-order valence-corrected chi connectivity index (χ1v) is 8.03. The molecule has 1 aliphatic carbocycles. The van der Waals surface area contributed by atoms with Gasteiger partial charge in [0.15, 0.2) is 0 Å². The van der Waals surface area contributed by atoms with Crippen LogP contribution in [0.15, 0.2) is 10.9 Å². The van der Waals surface area contributed by atoms with E-state index >= 15 is 0 Å². The molecule has 1 fully saturated rings. The van der Waals surface area contributed by atoms with Crippen molar-refractivity contribution in [2.75, 3.05) is 6.54 Å². The minimum absolute atomic E-state index is 0.0152. The van der Waals surface area contributed by atoms with Gasteiger partial charge in [0.05, 0.1) is 5.69 Å². The van der Waals surface area contributed by atoms with Crippen LogP contribution >= 0.6 is 0 Å². The van der Waals surface area contributed by atoms with Gasteiger partial charge in [0.25, 0.3) is 5.56 Å². The maximum Gasteiger partial charge on any atom is 0.251 e. The number of nitrogens with zero attached hydrogens (tertiary/aromatic N) is 1. The molecule has 0 aromatic carbocycles. The Morgan fingerprint density at radius 1 is 1.30 bits per heavy atom. The highest BCUT2D eigenvalue weighted by molar-refractivity contribution is 5.07. The summed E-state index contributed by atoms with van der Waals surface area (Å²) in [5.41, 5.74) is 0.847. The van der Waals surface area contributed by atoms with Crippen molar-refractivity contribution in [2.45, 2.75) is 64.8 Å². The number of hydrogen-bond donors (Lipinski definition) is 2. The molecular formula is C16H27N3O. The third-order valence-electron chi connectivity index (χ3n) is 4.30. The minimum Gasteiger partial charge on any atom is -0.311 e. The van der Waals surface area contributed by atoms with Gasteiger partial charge in [-0.15, -0.1) is 0 Å². The topological polar surface area (TPSA) is 57.8 Å². The fourth-order valence-corrected chi connectivity index (χ4v) is 3.20. The second-order valence-corrected chi connectivity index (χ2v) is 5.91. The van der Waals surface area contributed by atoms with Gasteiger partial charge in [0.1, 0.15) is 5.82 Å². The third-order valence-corrected chi connectivity index (χ3v) is 4.30. The van der Waals surface area contributed by atoms with Crippen LogP contribution in [0.4, 0.5) is 0 Å². The zero-order valence-corrected chi connectivity index (χ0v) is 12.7. The molecule has 1 saturated carbocycles. The maximum absolute atomic E-state index is 11.8. The molecule has 0 spiro atoms. The van der Waals surface area contributed by atoms with Crippen molar-refractivity contribution in [3.63, 3.8) is 0 Å². The van der Waals surface area contributed by atoms with E-state index < -0.39 is 0 Å². The molecule has 1 aromatic rings. The summed E-state index contributed by atoms with van der Waals surface area (Å²) >= 11 is 0. The second kappa shape index (κ2) is 7.58. The number of H-pyrrole nitrogens is 1. The molecule has 4 heteroatoms. The summed E-state index contributed by atoms with van der Waals surface area (Å²) in [5.74, 6) is 2.23. The molecule has 0 atom stereocenters. The smallest absolute Gasteiger partial charge is 0.251 e. The van der Waals surface area contributed by atoms with Crippen LogP contribution in [0.1, 0.15) is 69.8 Å². The second-order valence-electron chi connectivity index (χ2n) is 5.91. The third kappa shape index (κ3) is 4.17. The predicted octanol–water partition coefficient (Wildman–Crippen LogP) is 2.95. The first kappa shape index (κ1) is 15.2. The van der Waals surface area contributed by atoms with Crippen molar-refractivity contribution < 1.29 is 0 Å². The van der Waals surface area contributed by atoms with Crippen molar-refractivity contribution in [1.82, 2.24) is 15.3 Å².